The summed E-state index contributed by atoms with van der Waals surface area (Å²) in [6, 6.07) is 0. The molecule has 0 unspecified atom stereocenters. The van der Waals surface area contributed by atoms with Gasteiger partial charge in [0.25, 0.3) is 5.56 Å². The molecule has 0 spiro atoms. The van der Waals surface area contributed by atoms with Crippen LogP contribution in [-0.4, -0.2) is 44.5 Å². The van der Waals surface area contributed by atoms with Gasteiger partial charge in [0.05, 0.1) is 18.6 Å². The SMILES string of the molecule is CC(C)OCCCNC(=O)CCn1cnc2c(cnn2C)c1=O. The third-order valence-electron chi connectivity index (χ3n) is 3.39. The molecule has 0 aliphatic heterocycles. The second kappa shape index (κ2) is 7.87. The summed E-state index contributed by atoms with van der Waals surface area (Å²) in [7, 11) is 1.73. The predicted octanol–water partition coefficient (Wildman–Crippen LogP) is 0.451. The van der Waals surface area contributed by atoms with Crippen LogP contribution < -0.4 is 10.9 Å². The van der Waals surface area contributed by atoms with E-state index in [9.17, 15) is 9.59 Å². The molecule has 0 radical (unpaired) electrons. The molecule has 2 rings (SSSR count). The fourth-order valence-corrected chi connectivity index (χ4v) is 2.16. The Morgan fingerprint density at radius 2 is 2.22 bits per heavy atom. The van der Waals surface area contributed by atoms with Crippen LogP contribution in [0.2, 0.25) is 0 Å². The van der Waals surface area contributed by atoms with Gasteiger partial charge in [0.2, 0.25) is 5.91 Å². The maximum Gasteiger partial charge on any atom is 0.264 e. The summed E-state index contributed by atoms with van der Waals surface area (Å²) < 4.78 is 8.38. The first kappa shape index (κ1) is 17.1. The molecule has 1 N–H and O–H groups in total. The molecule has 2 aromatic rings. The van der Waals surface area contributed by atoms with E-state index >= 15 is 0 Å². The van der Waals surface area contributed by atoms with Crippen LogP contribution in [-0.2, 0) is 23.1 Å². The molecule has 0 saturated carbocycles. The van der Waals surface area contributed by atoms with Crippen molar-refractivity contribution < 1.29 is 9.53 Å². The van der Waals surface area contributed by atoms with E-state index in [1.165, 1.54) is 17.1 Å². The van der Waals surface area contributed by atoms with Gasteiger partial charge in [0, 0.05) is 33.2 Å². The highest BCUT2D eigenvalue weighted by Gasteiger charge is 2.09. The van der Waals surface area contributed by atoms with Crippen molar-refractivity contribution in [1.82, 2.24) is 24.6 Å². The number of amides is 1. The summed E-state index contributed by atoms with van der Waals surface area (Å²) in [6.07, 6.45) is 4.16. The summed E-state index contributed by atoms with van der Waals surface area (Å²) in [4.78, 5) is 28.2. The first-order valence-corrected chi connectivity index (χ1v) is 7.74. The summed E-state index contributed by atoms with van der Waals surface area (Å²) in [5.41, 5.74) is 0.363. The van der Waals surface area contributed by atoms with E-state index in [1.807, 2.05) is 13.8 Å². The van der Waals surface area contributed by atoms with Gasteiger partial charge in [-0.25, -0.2) is 4.98 Å². The first-order valence-electron chi connectivity index (χ1n) is 7.74. The van der Waals surface area contributed by atoms with Crippen LogP contribution in [0.5, 0.6) is 0 Å². The van der Waals surface area contributed by atoms with E-state index in [2.05, 4.69) is 15.4 Å². The zero-order valence-corrected chi connectivity index (χ0v) is 13.8. The van der Waals surface area contributed by atoms with Gasteiger partial charge in [0.15, 0.2) is 5.65 Å². The Morgan fingerprint density at radius 1 is 1.43 bits per heavy atom. The van der Waals surface area contributed by atoms with Crippen LogP contribution in [0, 0.1) is 0 Å². The molecule has 2 aromatic heterocycles. The maximum absolute atomic E-state index is 12.2. The van der Waals surface area contributed by atoms with Gasteiger partial charge in [-0.3, -0.25) is 18.8 Å². The molecule has 0 bridgehead atoms. The molecule has 0 atom stereocenters. The monoisotopic (exact) mass is 321 g/mol. The number of fused-ring (bicyclic) bond motifs is 1. The van der Waals surface area contributed by atoms with Crippen molar-refractivity contribution in [2.45, 2.75) is 39.3 Å². The topological polar surface area (TPSA) is 91.0 Å². The zero-order chi connectivity index (χ0) is 16.8. The molecule has 0 aromatic carbocycles. The lowest BCUT2D eigenvalue weighted by atomic mass is 10.3. The lowest BCUT2D eigenvalue weighted by Crippen LogP contribution is -2.28. The highest BCUT2D eigenvalue weighted by atomic mass is 16.5. The molecule has 0 saturated heterocycles. The molecule has 2 heterocycles. The van der Waals surface area contributed by atoms with Crippen molar-refractivity contribution in [1.29, 1.82) is 0 Å². The molecule has 1 amide bonds. The van der Waals surface area contributed by atoms with Crippen LogP contribution in [0.15, 0.2) is 17.3 Å². The average Bonchev–Trinajstić information content (AvgIpc) is 2.88. The van der Waals surface area contributed by atoms with Crippen LogP contribution in [0.4, 0.5) is 0 Å². The van der Waals surface area contributed by atoms with Gasteiger partial charge >= 0.3 is 0 Å². The number of ether oxygens (including phenoxy) is 1. The Kier molecular flexibility index (Phi) is 5.86. The van der Waals surface area contributed by atoms with Gasteiger partial charge in [-0.1, -0.05) is 0 Å². The van der Waals surface area contributed by atoms with Crippen LogP contribution in [0.1, 0.15) is 26.7 Å². The van der Waals surface area contributed by atoms with Crippen LogP contribution >= 0.6 is 0 Å². The Morgan fingerprint density at radius 3 is 2.96 bits per heavy atom. The Bertz CT molecular complexity index is 719. The molecular weight excluding hydrogens is 298 g/mol. The second-order valence-electron chi connectivity index (χ2n) is 5.62. The minimum absolute atomic E-state index is 0.0901. The number of carbonyl (C=O) groups excluding carboxylic acids is 1. The van der Waals surface area contributed by atoms with E-state index < -0.39 is 0 Å². The number of nitrogens with zero attached hydrogens (tertiary/aromatic N) is 4. The quantitative estimate of drug-likeness (QED) is 0.713. The van der Waals surface area contributed by atoms with E-state index in [0.717, 1.165) is 6.42 Å². The number of carbonyl (C=O) groups is 1. The molecule has 8 nitrogen and oxygen atoms in total. The zero-order valence-electron chi connectivity index (χ0n) is 13.8. The Labute approximate surface area is 134 Å². The van der Waals surface area contributed by atoms with Crippen LogP contribution in [0.25, 0.3) is 11.0 Å². The molecular formula is C15H23N5O3. The summed E-state index contributed by atoms with van der Waals surface area (Å²) in [5, 5.41) is 7.29. The minimum atomic E-state index is -0.179. The highest BCUT2D eigenvalue weighted by molar-refractivity contribution is 5.76. The van der Waals surface area contributed by atoms with E-state index in [4.69, 9.17) is 4.74 Å². The van der Waals surface area contributed by atoms with E-state index in [0.29, 0.717) is 30.7 Å². The van der Waals surface area contributed by atoms with E-state index in [-0.39, 0.29) is 24.0 Å². The number of nitrogens with one attached hydrogen (secondary N) is 1. The van der Waals surface area contributed by atoms with Crippen molar-refractivity contribution in [3.05, 3.63) is 22.9 Å². The fourth-order valence-electron chi connectivity index (χ4n) is 2.16. The third-order valence-corrected chi connectivity index (χ3v) is 3.39. The van der Waals surface area contributed by atoms with Crippen molar-refractivity contribution in [3.63, 3.8) is 0 Å². The highest BCUT2D eigenvalue weighted by Crippen LogP contribution is 2.03. The number of hydrogen-bond acceptors (Lipinski definition) is 5. The van der Waals surface area contributed by atoms with Crippen molar-refractivity contribution in [2.75, 3.05) is 13.2 Å². The predicted molar refractivity (Wildman–Crippen MR) is 86.1 cm³/mol. The normalized spacial score (nSPS) is 11.3. The lowest BCUT2D eigenvalue weighted by molar-refractivity contribution is -0.121. The number of aryl methyl sites for hydroxylation is 2. The first-order chi connectivity index (χ1) is 11.0. The summed E-state index contributed by atoms with van der Waals surface area (Å²) in [6.45, 7) is 5.44. The fraction of sp³-hybridized carbons (Fsp3) is 0.600. The second-order valence-corrected chi connectivity index (χ2v) is 5.62. The maximum atomic E-state index is 12.2. The van der Waals surface area contributed by atoms with Crippen molar-refractivity contribution in [3.8, 4) is 0 Å². The minimum Gasteiger partial charge on any atom is -0.379 e. The Balaban J connectivity index is 1.80. The Hall–Kier alpha value is -2.22. The lowest BCUT2D eigenvalue weighted by Gasteiger charge is -2.09. The van der Waals surface area contributed by atoms with Crippen molar-refractivity contribution in [2.24, 2.45) is 7.05 Å². The van der Waals surface area contributed by atoms with Crippen LogP contribution in [0.3, 0.4) is 0 Å². The van der Waals surface area contributed by atoms with Gasteiger partial charge in [-0.15, -0.1) is 0 Å². The molecule has 126 valence electrons. The average molecular weight is 321 g/mol. The largest absolute Gasteiger partial charge is 0.379 e. The molecule has 23 heavy (non-hydrogen) atoms. The third kappa shape index (κ3) is 4.62. The smallest absolute Gasteiger partial charge is 0.264 e. The van der Waals surface area contributed by atoms with Gasteiger partial charge in [0.1, 0.15) is 5.39 Å². The van der Waals surface area contributed by atoms with Gasteiger partial charge in [-0.05, 0) is 20.3 Å². The molecule has 0 aliphatic carbocycles. The van der Waals surface area contributed by atoms with Gasteiger partial charge in [-0.2, -0.15) is 5.10 Å². The number of hydrogen-bond donors (Lipinski definition) is 1. The summed E-state index contributed by atoms with van der Waals surface area (Å²) in [5.74, 6) is -0.0901. The molecule has 0 aliphatic rings. The van der Waals surface area contributed by atoms with Gasteiger partial charge < -0.3 is 10.1 Å². The number of rotatable bonds is 8. The van der Waals surface area contributed by atoms with E-state index in [1.54, 1.807) is 11.7 Å². The molecule has 0 fully saturated rings. The summed E-state index contributed by atoms with van der Waals surface area (Å²) >= 11 is 0. The number of aromatic nitrogens is 4. The van der Waals surface area contributed by atoms with Crippen molar-refractivity contribution >= 4 is 16.9 Å². The molecule has 8 heteroatoms. The standard InChI is InChI=1S/C15H23N5O3/c1-11(2)23-8-4-6-16-13(21)5-7-20-10-17-14-12(15(20)22)9-18-19(14)3/h9-11H,4-8H2,1-3H3,(H,16,21).